The highest BCUT2D eigenvalue weighted by atomic mass is 16.5. The van der Waals surface area contributed by atoms with E-state index in [1.807, 2.05) is 36.4 Å². The SMILES string of the molecule is CCCCOc1nc(N)nc2ccc(-c3ccc(OC)c(OC)c3)cc12. The van der Waals surface area contributed by atoms with Gasteiger partial charge in [-0.15, -0.1) is 0 Å². The van der Waals surface area contributed by atoms with Crippen molar-refractivity contribution in [3.05, 3.63) is 36.4 Å². The Balaban J connectivity index is 2.05. The molecule has 0 spiro atoms. The third-order valence-corrected chi connectivity index (χ3v) is 4.13. The van der Waals surface area contributed by atoms with Crippen molar-refractivity contribution in [1.29, 1.82) is 0 Å². The summed E-state index contributed by atoms with van der Waals surface area (Å²) in [5, 5.41) is 0.836. The fourth-order valence-electron chi connectivity index (χ4n) is 2.74. The molecule has 0 unspecified atom stereocenters. The van der Waals surface area contributed by atoms with Gasteiger partial charge in [-0.1, -0.05) is 25.5 Å². The highest BCUT2D eigenvalue weighted by Crippen LogP contribution is 2.34. The minimum atomic E-state index is 0.211. The summed E-state index contributed by atoms with van der Waals surface area (Å²) in [7, 11) is 3.24. The lowest BCUT2D eigenvalue weighted by molar-refractivity contribution is 0.302. The van der Waals surface area contributed by atoms with Crippen molar-refractivity contribution in [2.45, 2.75) is 19.8 Å². The smallest absolute Gasteiger partial charge is 0.226 e. The average molecular weight is 353 g/mol. The van der Waals surface area contributed by atoms with Crippen LogP contribution in [0.1, 0.15) is 19.8 Å². The number of rotatable bonds is 7. The number of hydrogen-bond donors (Lipinski definition) is 1. The largest absolute Gasteiger partial charge is 0.493 e. The fourth-order valence-corrected chi connectivity index (χ4v) is 2.74. The van der Waals surface area contributed by atoms with Crippen LogP contribution < -0.4 is 19.9 Å². The molecule has 3 aromatic rings. The lowest BCUT2D eigenvalue weighted by atomic mass is 10.0. The quantitative estimate of drug-likeness (QED) is 0.645. The molecule has 1 aromatic heterocycles. The highest BCUT2D eigenvalue weighted by Gasteiger charge is 2.11. The Kier molecular flexibility index (Phi) is 5.41. The first-order chi connectivity index (χ1) is 12.7. The number of nitrogen functional groups attached to an aromatic ring is 1. The predicted octanol–water partition coefficient (Wildman–Crippen LogP) is 4.08. The number of unbranched alkanes of at least 4 members (excludes halogenated alkanes) is 1. The number of fused-ring (bicyclic) bond motifs is 1. The van der Waals surface area contributed by atoms with Crippen molar-refractivity contribution < 1.29 is 14.2 Å². The summed E-state index contributed by atoms with van der Waals surface area (Å²) >= 11 is 0. The molecule has 1 heterocycles. The zero-order valence-electron chi connectivity index (χ0n) is 15.3. The second-order valence-corrected chi connectivity index (χ2v) is 5.89. The number of nitrogens with zero attached hydrogens (tertiary/aromatic N) is 2. The number of nitrogens with two attached hydrogens (primary N) is 1. The predicted molar refractivity (Wildman–Crippen MR) is 103 cm³/mol. The van der Waals surface area contributed by atoms with Gasteiger partial charge in [0.15, 0.2) is 11.5 Å². The topological polar surface area (TPSA) is 79.5 Å². The molecular weight excluding hydrogens is 330 g/mol. The minimum Gasteiger partial charge on any atom is -0.493 e. The first-order valence-corrected chi connectivity index (χ1v) is 8.58. The summed E-state index contributed by atoms with van der Waals surface area (Å²) in [5.41, 5.74) is 8.58. The maximum atomic E-state index is 5.84. The van der Waals surface area contributed by atoms with Gasteiger partial charge >= 0.3 is 0 Å². The van der Waals surface area contributed by atoms with E-state index in [-0.39, 0.29) is 5.95 Å². The lowest BCUT2D eigenvalue weighted by Gasteiger charge is -2.12. The van der Waals surface area contributed by atoms with Crippen LogP contribution in [-0.4, -0.2) is 30.8 Å². The highest BCUT2D eigenvalue weighted by molar-refractivity contribution is 5.89. The van der Waals surface area contributed by atoms with E-state index in [1.54, 1.807) is 14.2 Å². The monoisotopic (exact) mass is 353 g/mol. The van der Waals surface area contributed by atoms with Crippen LogP contribution in [0.3, 0.4) is 0 Å². The molecule has 6 heteroatoms. The Morgan fingerprint density at radius 3 is 2.38 bits per heavy atom. The number of hydrogen-bond acceptors (Lipinski definition) is 6. The molecule has 0 aliphatic heterocycles. The molecule has 0 saturated heterocycles. The number of benzene rings is 2. The van der Waals surface area contributed by atoms with Gasteiger partial charge < -0.3 is 19.9 Å². The summed E-state index contributed by atoms with van der Waals surface area (Å²) in [6.45, 7) is 2.72. The molecule has 0 aliphatic rings. The normalized spacial score (nSPS) is 10.7. The van der Waals surface area contributed by atoms with E-state index in [0.29, 0.717) is 24.0 Å². The molecule has 136 valence electrons. The lowest BCUT2D eigenvalue weighted by Crippen LogP contribution is -2.03. The molecule has 0 aliphatic carbocycles. The second kappa shape index (κ2) is 7.91. The summed E-state index contributed by atoms with van der Waals surface area (Å²) in [6, 6.07) is 11.7. The van der Waals surface area contributed by atoms with Gasteiger partial charge in [0.1, 0.15) is 0 Å². The van der Waals surface area contributed by atoms with Crippen molar-refractivity contribution >= 4 is 16.9 Å². The second-order valence-electron chi connectivity index (χ2n) is 5.89. The summed E-state index contributed by atoms with van der Waals surface area (Å²) in [4.78, 5) is 8.57. The van der Waals surface area contributed by atoms with Crippen molar-refractivity contribution in [2.75, 3.05) is 26.6 Å². The standard InChI is InChI=1S/C20H23N3O3/c1-4-5-10-26-19-15-11-13(6-8-16(15)22-20(21)23-19)14-7-9-17(24-2)18(12-14)25-3/h6-9,11-12H,4-5,10H2,1-3H3,(H2,21,22,23). The Bertz CT molecular complexity index is 912. The van der Waals surface area contributed by atoms with E-state index in [9.17, 15) is 0 Å². The molecule has 6 nitrogen and oxygen atoms in total. The van der Waals surface area contributed by atoms with Gasteiger partial charge in [-0.2, -0.15) is 4.98 Å². The van der Waals surface area contributed by atoms with Crippen LogP contribution in [0, 0.1) is 0 Å². The summed E-state index contributed by atoms with van der Waals surface area (Å²) < 4.78 is 16.5. The minimum absolute atomic E-state index is 0.211. The fraction of sp³-hybridized carbons (Fsp3) is 0.300. The van der Waals surface area contributed by atoms with Crippen LogP contribution in [-0.2, 0) is 0 Å². The van der Waals surface area contributed by atoms with Gasteiger partial charge in [0, 0.05) is 0 Å². The Hall–Kier alpha value is -3.02. The van der Waals surface area contributed by atoms with Crippen LogP contribution in [0.2, 0.25) is 0 Å². The van der Waals surface area contributed by atoms with Crippen LogP contribution in [0.4, 0.5) is 5.95 Å². The molecule has 0 atom stereocenters. The van der Waals surface area contributed by atoms with Gasteiger partial charge in [-0.3, -0.25) is 0 Å². The first-order valence-electron chi connectivity index (χ1n) is 8.58. The van der Waals surface area contributed by atoms with E-state index in [1.165, 1.54) is 0 Å². The summed E-state index contributed by atoms with van der Waals surface area (Å²) in [6.07, 6.45) is 2.01. The van der Waals surface area contributed by atoms with Gasteiger partial charge in [-0.05, 0) is 41.8 Å². The number of aromatic nitrogens is 2. The van der Waals surface area contributed by atoms with Crippen molar-refractivity contribution in [3.8, 4) is 28.5 Å². The van der Waals surface area contributed by atoms with Gasteiger partial charge in [0.05, 0.1) is 31.7 Å². The average Bonchev–Trinajstić information content (AvgIpc) is 2.67. The molecular formula is C20H23N3O3. The van der Waals surface area contributed by atoms with Gasteiger partial charge in [-0.25, -0.2) is 4.98 Å². The Labute approximate surface area is 152 Å². The van der Waals surface area contributed by atoms with Gasteiger partial charge in [0.25, 0.3) is 0 Å². The molecule has 2 aromatic carbocycles. The van der Waals surface area contributed by atoms with Crippen LogP contribution in [0.25, 0.3) is 22.0 Å². The molecule has 3 rings (SSSR count). The molecule has 0 radical (unpaired) electrons. The van der Waals surface area contributed by atoms with E-state index in [4.69, 9.17) is 19.9 Å². The van der Waals surface area contributed by atoms with E-state index in [2.05, 4.69) is 16.9 Å². The number of ether oxygens (including phenoxy) is 3. The zero-order valence-corrected chi connectivity index (χ0v) is 15.3. The van der Waals surface area contributed by atoms with E-state index in [0.717, 1.165) is 34.9 Å². The van der Waals surface area contributed by atoms with Crippen molar-refractivity contribution in [1.82, 2.24) is 9.97 Å². The maximum Gasteiger partial charge on any atom is 0.226 e. The number of methoxy groups -OCH3 is 2. The van der Waals surface area contributed by atoms with Crippen LogP contribution >= 0.6 is 0 Å². The zero-order chi connectivity index (χ0) is 18.5. The first kappa shape index (κ1) is 17.8. The third-order valence-electron chi connectivity index (χ3n) is 4.13. The molecule has 0 bridgehead atoms. The Morgan fingerprint density at radius 1 is 0.923 bits per heavy atom. The van der Waals surface area contributed by atoms with Crippen LogP contribution in [0.15, 0.2) is 36.4 Å². The summed E-state index contributed by atoms with van der Waals surface area (Å²) in [5.74, 6) is 2.10. The maximum absolute atomic E-state index is 5.84. The van der Waals surface area contributed by atoms with Gasteiger partial charge in [0.2, 0.25) is 11.8 Å². The van der Waals surface area contributed by atoms with Crippen molar-refractivity contribution in [3.63, 3.8) is 0 Å². The third kappa shape index (κ3) is 3.64. The molecule has 26 heavy (non-hydrogen) atoms. The molecule has 2 N–H and O–H groups in total. The van der Waals surface area contributed by atoms with E-state index < -0.39 is 0 Å². The number of anilines is 1. The Morgan fingerprint density at radius 2 is 1.65 bits per heavy atom. The van der Waals surface area contributed by atoms with Crippen molar-refractivity contribution in [2.24, 2.45) is 0 Å². The van der Waals surface area contributed by atoms with E-state index >= 15 is 0 Å². The van der Waals surface area contributed by atoms with Crippen LogP contribution in [0.5, 0.6) is 17.4 Å². The molecule has 0 saturated carbocycles. The molecule has 0 amide bonds. The molecule has 0 fully saturated rings.